The zero-order valence-corrected chi connectivity index (χ0v) is 3.79. The highest BCUT2D eigenvalue weighted by atomic mass is 16.4. The third-order valence-electron chi connectivity index (χ3n) is 1.16. The van der Waals surface area contributed by atoms with Crippen molar-refractivity contribution < 1.29 is 9.90 Å². The molecule has 2 atom stereocenters. The van der Waals surface area contributed by atoms with E-state index in [4.69, 9.17) is 10.8 Å². The first kappa shape index (κ1) is 4.59. The first-order valence-electron chi connectivity index (χ1n) is 2.20. The molecule has 1 aliphatic carbocycles. The predicted molar refractivity (Wildman–Crippen MR) is 23.7 cm³/mol. The second kappa shape index (κ2) is 1.20. The monoisotopic (exact) mass is 101 g/mol. The lowest BCUT2D eigenvalue weighted by atomic mass is 10.4. The fourth-order valence-electron chi connectivity index (χ4n) is 0.499. The van der Waals surface area contributed by atoms with E-state index in [9.17, 15) is 4.79 Å². The molecule has 3 nitrogen and oxygen atoms in total. The average Bonchev–Trinajstić information content (AvgIpc) is 2.17. The maximum atomic E-state index is 9.89. The number of carboxylic acids is 1. The molecule has 7 heavy (non-hydrogen) atoms. The molecule has 1 aliphatic rings. The molecule has 0 saturated heterocycles. The molecule has 0 aromatic carbocycles. The lowest BCUT2D eigenvalue weighted by molar-refractivity contribution is -0.138. The minimum atomic E-state index is -0.757. The van der Waals surface area contributed by atoms with E-state index in [1.165, 1.54) is 0 Å². The summed E-state index contributed by atoms with van der Waals surface area (Å²) >= 11 is 0. The third kappa shape index (κ3) is 0.718. The molecule has 0 aliphatic heterocycles. The Morgan fingerprint density at radius 1 is 1.86 bits per heavy atom. The maximum Gasteiger partial charge on any atom is 0.308 e. The number of carboxylic acid groups (broad SMARTS) is 1. The molecule has 0 spiro atoms. The van der Waals surface area contributed by atoms with Gasteiger partial charge in [-0.1, -0.05) is 0 Å². The summed E-state index contributed by atoms with van der Waals surface area (Å²) in [5.74, 6) is -0.993. The van der Waals surface area contributed by atoms with Gasteiger partial charge in [0.05, 0.1) is 5.92 Å². The van der Waals surface area contributed by atoms with Gasteiger partial charge >= 0.3 is 5.97 Å². The highest BCUT2D eigenvalue weighted by Crippen LogP contribution is 2.27. The zero-order chi connectivity index (χ0) is 5.44. The lowest BCUT2D eigenvalue weighted by Crippen LogP contribution is -2.08. The molecule has 0 bridgehead atoms. The number of rotatable bonds is 1. The second-order valence-corrected chi connectivity index (χ2v) is 1.84. The minimum Gasteiger partial charge on any atom is -0.481 e. The van der Waals surface area contributed by atoms with Crippen LogP contribution in [-0.4, -0.2) is 17.1 Å². The Morgan fingerprint density at radius 2 is 2.29 bits per heavy atom. The Hall–Kier alpha value is -0.570. The van der Waals surface area contributed by atoms with E-state index >= 15 is 0 Å². The van der Waals surface area contributed by atoms with Gasteiger partial charge in [0.2, 0.25) is 0 Å². The summed E-state index contributed by atoms with van der Waals surface area (Å²) in [6.45, 7) is 0. The predicted octanol–water partition coefficient (Wildman–Crippen LogP) is -0.582. The standard InChI is InChI=1S/C4H7NO2/c5-3-1-2(3)4(6)7/h2-3H,1,5H2,(H,6,7)/t2-,3-/m0/s1. The number of nitrogens with two attached hydrogens (primary N) is 1. The second-order valence-electron chi connectivity index (χ2n) is 1.84. The molecule has 0 aromatic heterocycles. The Kier molecular flexibility index (Phi) is 0.785. The Labute approximate surface area is 41.1 Å². The number of carbonyl (C=O) groups is 1. The van der Waals surface area contributed by atoms with E-state index in [2.05, 4.69) is 0 Å². The van der Waals surface area contributed by atoms with Gasteiger partial charge in [-0.05, 0) is 6.42 Å². The van der Waals surface area contributed by atoms with Crippen LogP contribution in [-0.2, 0) is 4.79 Å². The number of hydrogen-bond donors (Lipinski definition) is 2. The smallest absolute Gasteiger partial charge is 0.308 e. The van der Waals surface area contributed by atoms with E-state index in [-0.39, 0.29) is 12.0 Å². The van der Waals surface area contributed by atoms with Crippen molar-refractivity contribution in [2.75, 3.05) is 0 Å². The molecule has 0 radical (unpaired) electrons. The summed E-state index contributed by atoms with van der Waals surface area (Å²) < 4.78 is 0. The van der Waals surface area contributed by atoms with Crippen molar-refractivity contribution >= 4 is 5.97 Å². The van der Waals surface area contributed by atoms with E-state index in [1.807, 2.05) is 0 Å². The highest BCUT2D eigenvalue weighted by Gasteiger charge is 2.39. The van der Waals surface area contributed by atoms with Gasteiger partial charge in [0, 0.05) is 6.04 Å². The molecule has 1 fully saturated rings. The van der Waals surface area contributed by atoms with E-state index in [0.29, 0.717) is 6.42 Å². The summed E-state index contributed by atoms with van der Waals surface area (Å²) in [5.41, 5.74) is 5.19. The summed E-state index contributed by atoms with van der Waals surface area (Å²) in [6, 6.07) is -0.0579. The molecule has 1 saturated carbocycles. The van der Waals surface area contributed by atoms with Crippen LogP contribution in [0.4, 0.5) is 0 Å². The topological polar surface area (TPSA) is 63.3 Å². The van der Waals surface area contributed by atoms with Gasteiger partial charge in [0.25, 0.3) is 0 Å². The lowest BCUT2D eigenvalue weighted by Gasteiger charge is -1.80. The van der Waals surface area contributed by atoms with Crippen LogP contribution in [0.2, 0.25) is 0 Å². The minimum absolute atomic E-state index is 0.0579. The van der Waals surface area contributed by atoms with E-state index in [0.717, 1.165) is 0 Å². The maximum absolute atomic E-state index is 9.89. The molecule has 1 rings (SSSR count). The van der Waals surface area contributed by atoms with Crippen LogP contribution in [0.5, 0.6) is 0 Å². The number of hydrogen-bond acceptors (Lipinski definition) is 2. The van der Waals surface area contributed by atoms with Crippen LogP contribution < -0.4 is 5.73 Å². The summed E-state index contributed by atoms with van der Waals surface area (Å²) in [6.07, 6.45) is 0.662. The van der Waals surface area contributed by atoms with Gasteiger partial charge in [0.15, 0.2) is 0 Å². The first-order valence-corrected chi connectivity index (χ1v) is 2.20. The van der Waals surface area contributed by atoms with Crippen LogP contribution >= 0.6 is 0 Å². The molecule has 0 heterocycles. The van der Waals surface area contributed by atoms with Crippen molar-refractivity contribution in [2.24, 2.45) is 11.7 Å². The van der Waals surface area contributed by atoms with Gasteiger partial charge in [-0.25, -0.2) is 0 Å². The average molecular weight is 101 g/mol. The SMILES string of the molecule is N[C@H]1C[C@@H]1C(=O)O. The van der Waals surface area contributed by atoms with Gasteiger partial charge in [-0.2, -0.15) is 0 Å². The van der Waals surface area contributed by atoms with Crippen LogP contribution in [0.15, 0.2) is 0 Å². The van der Waals surface area contributed by atoms with Crippen molar-refractivity contribution in [1.29, 1.82) is 0 Å². The van der Waals surface area contributed by atoms with E-state index in [1.54, 1.807) is 0 Å². The van der Waals surface area contributed by atoms with Gasteiger partial charge in [-0.3, -0.25) is 4.79 Å². The Morgan fingerprint density at radius 3 is 2.29 bits per heavy atom. The van der Waals surface area contributed by atoms with Crippen LogP contribution in [0, 0.1) is 5.92 Å². The van der Waals surface area contributed by atoms with E-state index < -0.39 is 5.97 Å². The fraction of sp³-hybridized carbons (Fsp3) is 0.750. The molecule has 0 amide bonds. The molecule has 3 N–H and O–H groups in total. The summed E-state index contributed by atoms with van der Waals surface area (Å²) in [4.78, 5) is 9.89. The molecule has 40 valence electrons. The molecule has 0 aromatic rings. The van der Waals surface area contributed by atoms with Crippen LogP contribution in [0.25, 0.3) is 0 Å². The third-order valence-corrected chi connectivity index (χ3v) is 1.16. The number of aliphatic carboxylic acids is 1. The van der Waals surface area contributed by atoms with Crippen molar-refractivity contribution in [3.63, 3.8) is 0 Å². The van der Waals surface area contributed by atoms with Crippen LogP contribution in [0.1, 0.15) is 6.42 Å². The van der Waals surface area contributed by atoms with Gasteiger partial charge < -0.3 is 10.8 Å². The Balaban J connectivity index is 2.33. The fourth-order valence-corrected chi connectivity index (χ4v) is 0.499. The molecule has 0 unspecified atom stereocenters. The van der Waals surface area contributed by atoms with Crippen LogP contribution in [0.3, 0.4) is 0 Å². The normalized spacial score (nSPS) is 37.9. The molecule has 3 heteroatoms. The Bertz CT molecular complexity index is 102. The molecular weight excluding hydrogens is 94.0 g/mol. The van der Waals surface area contributed by atoms with Crippen molar-refractivity contribution in [1.82, 2.24) is 0 Å². The van der Waals surface area contributed by atoms with Gasteiger partial charge in [-0.15, -0.1) is 0 Å². The van der Waals surface area contributed by atoms with Gasteiger partial charge in [0.1, 0.15) is 0 Å². The quantitative estimate of drug-likeness (QED) is 0.464. The van der Waals surface area contributed by atoms with Crippen molar-refractivity contribution in [3.8, 4) is 0 Å². The highest BCUT2D eigenvalue weighted by molar-refractivity contribution is 5.74. The molecular formula is C4H7NO2. The summed E-state index contributed by atoms with van der Waals surface area (Å²) in [7, 11) is 0. The van der Waals surface area contributed by atoms with Crippen molar-refractivity contribution in [3.05, 3.63) is 0 Å². The first-order chi connectivity index (χ1) is 3.22. The van der Waals surface area contributed by atoms with Crippen molar-refractivity contribution in [2.45, 2.75) is 12.5 Å². The largest absolute Gasteiger partial charge is 0.481 e. The summed E-state index contributed by atoms with van der Waals surface area (Å²) in [5, 5.41) is 8.14. The zero-order valence-electron chi connectivity index (χ0n) is 3.79.